The molecule has 0 spiro atoms. The maximum absolute atomic E-state index is 12.3. The molecule has 0 saturated carbocycles. The first-order chi connectivity index (χ1) is 9.53. The molecule has 0 atom stereocenters. The van der Waals surface area contributed by atoms with E-state index in [-0.39, 0.29) is 10.9 Å². The molecule has 0 unspecified atom stereocenters. The Labute approximate surface area is 116 Å². The first-order valence-electron chi connectivity index (χ1n) is 6.04. The summed E-state index contributed by atoms with van der Waals surface area (Å²) in [4.78, 5) is 7.68. The zero-order valence-corrected chi connectivity index (χ0v) is 11.9. The van der Waals surface area contributed by atoms with Crippen LogP contribution in [0.15, 0.2) is 27.9 Å². The molecule has 9 heteroatoms. The Bertz CT molecular complexity index is 683. The van der Waals surface area contributed by atoms with Crippen LogP contribution in [0.4, 0.5) is 11.7 Å². The molecule has 2 rings (SSSR count). The topological polar surface area (TPSA) is 110 Å². The number of pyridine rings is 1. The summed E-state index contributed by atoms with van der Waals surface area (Å²) in [5.41, 5.74) is 0.477. The van der Waals surface area contributed by atoms with Crippen molar-refractivity contribution in [1.29, 1.82) is 0 Å². The summed E-state index contributed by atoms with van der Waals surface area (Å²) >= 11 is 0. The zero-order valence-electron chi connectivity index (χ0n) is 11.1. The number of aromatic nitrogens is 3. The summed E-state index contributed by atoms with van der Waals surface area (Å²) < 4.78 is 31.5. The van der Waals surface area contributed by atoms with Crippen LogP contribution in [0.3, 0.4) is 0 Å². The summed E-state index contributed by atoms with van der Waals surface area (Å²) in [7, 11) is -3.83. The molecule has 0 aliphatic heterocycles. The van der Waals surface area contributed by atoms with Gasteiger partial charge < -0.3 is 9.84 Å². The predicted molar refractivity (Wildman–Crippen MR) is 72.9 cm³/mol. The smallest absolute Gasteiger partial charge is 0.335 e. The van der Waals surface area contributed by atoms with E-state index in [2.05, 4.69) is 25.2 Å². The predicted octanol–water partition coefficient (Wildman–Crippen LogP) is 1.40. The van der Waals surface area contributed by atoms with Crippen molar-refractivity contribution in [2.24, 2.45) is 0 Å². The maximum Gasteiger partial charge on any atom is 0.335 e. The van der Waals surface area contributed by atoms with Crippen molar-refractivity contribution in [2.45, 2.75) is 25.2 Å². The van der Waals surface area contributed by atoms with Crippen molar-refractivity contribution in [1.82, 2.24) is 15.1 Å². The highest BCUT2D eigenvalue weighted by Crippen LogP contribution is 2.21. The van der Waals surface area contributed by atoms with Gasteiger partial charge in [0, 0.05) is 18.9 Å². The van der Waals surface area contributed by atoms with Gasteiger partial charge in [0.15, 0.2) is 5.82 Å². The van der Waals surface area contributed by atoms with E-state index >= 15 is 0 Å². The highest BCUT2D eigenvalue weighted by molar-refractivity contribution is 7.92. The minimum Gasteiger partial charge on any atom is -0.384 e. The molecule has 0 fully saturated rings. The summed E-state index contributed by atoms with van der Waals surface area (Å²) in [6.45, 7) is 4.24. The SMILES string of the molecule is CCCNc1ccncc1S(=O)(=O)Nc1nc(C)no1. The maximum atomic E-state index is 12.3. The van der Waals surface area contributed by atoms with Crippen LogP contribution in [0.2, 0.25) is 0 Å². The van der Waals surface area contributed by atoms with Crippen LogP contribution in [0.25, 0.3) is 0 Å². The highest BCUT2D eigenvalue weighted by atomic mass is 32.2. The standard InChI is InChI=1S/C11H15N5O3S/c1-3-5-13-9-4-6-12-7-10(9)20(17,18)16-11-14-8(2)15-19-11/h4,6-7H,3,5H2,1-2H3,(H,12,13)(H,14,15,16). The Balaban J connectivity index is 2.29. The largest absolute Gasteiger partial charge is 0.384 e. The first-order valence-corrected chi connectivity index (χ1v) is 7.52. The molecule has 0 amide bonds. The van der Waals surface area contributed by atoms with Gasteiger partial charge in [-0.15, -0.1) is 0 Å². The van der Waals surface area contributed by atoms with E-state index in [1.165, 1.54) is 12.4 Å². The number of anilines is 2. The molecular formula is C11H15N5O3S. The first kappa shape index (κ1) is 14.3. The zero-order chi connectivity index (χ0) is 14.6. The van der Waals surface area contributed by atoms with E-state index in [4.69, 9.17) is 4.52 Å². The van der Waals surface area contributed by atoms with Crippen LogP contribution >= 0.6 is 0 Å². The molecule has 0 bridgehead atoms. The Hall–Kier alpha value is -2.16. The molecule has 20 heavy (non-hydrogen) atoms. The van der Waals surface area contributed by atoms with E-state index < -0.39 is 10.0 Å². The minimum atomic E-state index is -3.83. The van der Waals surface area contributed by atoms with Gasteiger partial charge >= 0.3 is 6.01 Å². The van der Waals surface area contributed by atoms with Crippen molar-refractivity contribution in [3.05, 3.63) is 24.3 Å². The molecule has 108 valence electrons. The van der Waals surface area contributed by atoms with Gasteiger partial charge in [0.05, 0.1) is 5.69 Å². The fourth-order valence-electron chi connectivity index (χ4n) is 1.51. The second kappa shape index (κ2) is 5.87. The van der Waals surface area contributed by atoms with Crippen molar-refractivity contribution < 1.29 is 12.9 Å². The van der Waals surface area contributed by atoms with E-state index in [1.54, 1.807) is 13.0 Å². The van der Waals surface area contributed by atoms with Crippen molar-refractivity contribution in [2.75, 3.05) is 16.6 Å². The molecule has 0 saturated heterocycles. The van der Waals surface area contributed by atoms with Gasteiger partial charge in [-0.05, 0) is 19.4 Å². The van der Waals surface area contributed by atoms with Crippen LogP contribution in [0.5, 0.6) is 0 Å². The van der Waals surface area contributed by atoms with Gasteiger partial charge in [-0.2, -0.15) is 4.98 Å². The molecule has 0 aromatic carbocycles. The number of nitrogens with one attached hydrogen (secondary N) is 2. The lowest BCUT2D eigenvalue weighted by molar-refractivity contribution is 0.429. The van der Waals surface area contributed by atoms with E-state index in [0.717, 1.165) is 6.42 Å². The summed E-state index contributed by atoms with van der Waals surface area (Å²) in [6.07, 6.45) is 3.66. The molecule has 2 heterocycles. The third-order valence-corrected chi connectivity index (χ3v) is 3.74. The second-order valence-electron chi connectivity index (χ2n) is 4.05. The normalized spacial score (nSPS) is 11.3. The van der Waals surface area contributed by atoms with Gasteiger partial charge in [0.25, 0.3) is 10.0 Å². The van der Waals surface area contributed by atoms with Crippen LogP contribution in [0.1, 0.15) is 19.2 Å². The molecule has 2 N–H and O–H groups in total. The quantitative estimate of drug-likeness (QED) is 0.829. The Morgan fingerprint density at radius 1 is 1.40 bits per heavy atom. The van der Waals surface area contributed by atoms with Gasteiger partial charge in [-0.3, -0.25) is 4.98 Å². The monoisotopic (exact) mass is 297 g/mol. The number of nitrogens with zero attached hydrogens (tertiary/aromatic N) is 3. The van der Waals surface area contributed by atoms with E-state index in [9.17, 15) is 8.42 Å². The molecule has 0 aliphatic carbocycles. The van der Waals surface area contributed by atoms with E-state index in [1.807, 2.05) is 6.92 Å². The Morgan fingerprint density at radius 3 is 2.85 bits per heavy atom. The lowest BCUT2D eigenvalue weighted by Crippen LogP contribution is -2.16. The van der Waals surface area contributed by atoms with Crippen LogP contribution in [-0.4, -0.2) is 30.1 Å². The average molecular weight is 297 g/mol. The third-order valence-electron chi connectivity index (χ3n) is 2.39. The van der Waals surface area contributed by atoms with Crippen LogP contribution < -0.4 is 10.0 Å². The average Bonchev–Trinajstić information content (AvgIpc) is 2.81. The summed E-state index contributed by atoms with van der Waals surface area (Å²) in [5.74, 6) is 0.346. The van der Waals surface area contributed by atoms with Gasteiger partial charge in [-0.1, -0.05) is 12.1 Å². The second-order valence-corrected chi connectivity index (χ2v) is 5.70. The molecular weight excluding hydrogens is 282 g/mol. The molecule has 8 nitrogen and oxygen atoms in total. The third kappa shape index (κ3) is 3.23. The van der Waals surface area contributed by atoms with Gasteiger partial charge in [0.1, 0.15) is 4.90 Å². The fourth-order valence-corrected chi connectivity index (χ4v) is 2.56. The molecule has 0 radical (unpaired) electrons. The number of sulfonamides is 1. The lowest BCUT2D eigenvalue weighted by atomic mass is 10.4. The highest BCUT2D eigenvalue weighted by Gasteiger charge is 2.21. The van der Waals surface area contributed by atoms with Gasteiger partial charge in [-0.25, -0.2) is 13.1 Å². The van der Waals surface area contributed by atoms with E-state index in [0.29, 0.717) is 18.1 Å². The summed E-state index contributed by atoms with van der Waals surface area (Å²) in [6, 6.07) is 1.43. The van der Waals surface area contributed by atoms with Crippen LogP contribution in [-0.2, 0) is 10.0 Å². The number of aryl methyl sites for hydroxylation is 1. The number of hydrogen-bond acceptors (Lipinski definition) is 7. The lowest BCUT2D eigenvalue weighted by Gasteiger charge is -2.10. The minimum absolute atomic E-state index is 0.0318. The number of rotatable bonds is 6. The Kier molecular flexibility index (Phi) is 4.18. The summed E-state index contributed by atoms with van der Waals surface area (Å²) in [5, 5.41) is 6.56. The van der Waals surface area contributed by atoms with Gasteiger partial charge in [0.2, 0.25) is 0 Å². The van der Waals surface area contributed by atoms with Crippen molar-refractivity contribution in [3.8, 4) is 0 Å². The Morgan fingerprint density at radius 2 is 2.20 bits per heavy atom. The molecule has 0 aliphatic rings. The fraction of sp³-hybridized carbons (Fsp3) is 0.364. The molecule has 2 aromatic heterocycles. The van der Waals surface area contributed by atoms with Crippen molar-refractivity contribution >= 4 is 21.7 Å². The van der Waals surface area contributed by atoms with Crippen molar-refractivity contribution in [3.63, 3.8) is 0 Å². The molecule has 2 aromatic rings. The van der Waals surface area contributed by atoms with Crippen LogP contribution in [0, 0.1) is 6.92 Å². The number of hydrogen-bond donors (Lipinski definition) is 2.